The third-order valence-electron chi connectivity index (χ3n) is 5.12. The van der Waals surface area contributed by atoms with Crippen molar-refractivity contribution < 1.29 is 18.0 Å². The van der Waals surface area contributed by atoms with Crippen LogP contribution < -0.4 is 0 Å². The van der Waals surface area contributed by atoms with Crippen molar-refractivity contribution in [1.29, 1.82) is 0 Å². The lowest BCUT2D eigenvalue weighted by molar-refractivity contribution is -0.135. The van der Waals surface area contributed by atoms with E-state index in [0.29, 0.717) is 0 Å². The summed E-state index contributed by atoms with van der Waals surface area (Å²) in [5, 5.41) is -0.0173. The van der Waals surface area contributed by atoms with Crippen LogP contribution in [0.25, 0.3) is 0 Å². The second-order valence-electron chi connectivity index (χ2n) is 9.57. The summed E-state index contributed by atoms with van der Waals surface area (Å²) in [6.07, 6.45) is 0.419. The van der Waals surface area contributed by atoms with Gasteiger partial charge in [-0.15, -0.1) is 0 Å². The fraction of sp³-hybridized carbons (Fsp3) is 0.938. The lowest BCUT2D eigenvalue weighted by Crippen LogP contribution is -2.43. The molecule has 0 N–H and O–H groups in total. The first kappa shape index (κ1) is 23.1. The number of carbonyl (C=O) groups excluding carboxylic acids is 1. The van der Waals surface area contributed by atoms with E-state index in [1.54, 1.807) is 6.66 Å². The van der Waals surface area contributed by atoms with E-state index in [0.717, 1.165) is 0 Å². The highest BCUT2D eigenvalue weighted by atomic mass is 31.2. The zero-order valence-corrected chi connectivity index (χ0v) is 19.9. The molecule has 0 aliphatic rings. The highest BCUT2D eigenvalue weighted by Crippen LogP contribution is 2.51. The summed E-state index contributed by atoms with van der Waals surface area (Å²) < 4.78 is 24.5. The molecule has 0 aromatic rings. The number of carbonyl (C=O) groups is 1. The van der Waals surface area contributed by atoms with Crippen molar-refractivity contribution in [3.05, 3.63) is 0 Å². The van der Waals surface area contributed by atoms with Crippen LogP contribution in [0.4, 0.5) is 0 Å². The molecule has 1 unspecified atom stereocenters. The fourth-order valence-electron chi connectivity index (χ4n) is 1.45. The highest BCUT2D eigenvalue weighted by Gasteiger charge is 2.42. The summed E-state index contributed by atoms with van der Waals surface area (Å²) in [6, 6.07) is 0. The van der Waals surface area contributed by atoms with E-state index in [-0.39, 0.29) is 28.6 Å². The van der Waals surface area contributed by atoms with Crippen LogP contribution >= 0.6 is 7.37 Å². The molecule has 138 valence electrons. The molecular weight excluding hydrogens is 343 g/mol. The molecule has 0 aliphatic heterocycles. The predicted molar refractivity (Wildman–Crippen MR) is 105 cm³/mol. The van der Waals surface area contributed by atoms with Gasteiger partial charge in [0.15, 0.2) is 7.37 Å². The first-order valence-corrected chi connectivity index (χ1v) is 16.4. The SMILES string of the molecule is CC(C)(C)[Si](C)(C)OC(=O)CCP(C)(=O)O[Si](C)(C)C(C)(C)C. The maximum atomic E-state index is 12.8. The standard InChI is InChI=1S/C16H37O4PSi2/c1-15(2,3)22(8,9)19-14(17)12-13-21(7,18)20-23(10,11)16(4,5)6/h12-13H2,1-11H3. The Morgan fingerprint density at radius 2 is 1.30 bits per heavy atom. The minimum atomic E-state index is -2.79. The first-order valence-electron chi connectivity index (χ1n) is 8.30. The van der Waals surface area contributed by atoms with E-state index >= 15 is 0 Å². The molecule has 0 spiro atoms. The summed E-state index contributed by atoms with van der Waals surface area (Å²) in [6.45, 7) is 22.5. The molecular formula is C16H37O4PSi2. The van der Waals surface area contributed by atoms with Gasteiger partial charge >= 0.3 is 0 Å². The molecule has 1 atom stereocenters. The zero-order valence-electron chi connectivity index (χ0n) is 17.0. The van der Waals surface area contributed by atoms with Gasteiger partial charge < -0.3 is 8.64 Å². The molecule has 23 heavy (non-hydrogen) atoms. The maximum Gasteiger partial charge on any atom is 0.293 e. The van der Waals surface area contributed by atoms with Gasteiger partial charge in [-0.3, -0.25) is 9.36 Å². The molecule has 4 nitrogen and oxygen atoms in total. The summed E-state index contributed by atoms with van der Waals surface area (Å²) >= 11 is 0. The molecule has 0 bridgehead atoms. The Labute approximate surface area is 145 Å². The summed E-state index contributed by atoms with van der Waals surface area (Å²) in [5.41, 5.74) is 0. The van der Waals surface area contributed by atoms with E-state index in [1.165, 1.54) is 0 Å². The Bertz CT molecular complexity index is 473. The van der Waals surface area contributed by atoms with Gasteiger partial charge in [-0.25, -0.2) is 0 Å². The largest absolute Gasteiger partial charge is 0.519 e. The first-order chi connectivity index (χ1) is 9.81. The Hall–Kier alpha value is 0.0938. The quantitative estimate of drug-likeness (QED) is 0.428. The summed E-state index contributed by atoms with van der Waals surface area (Å²) in [4.78, 5) is 12.2. The monoisotopic (exact) mass is 380 g/mol. The number of hydrogen-bond donors (Lipinski definition) is 0. The Morgan fingerprint density at radius 1 is 0.913 bits per heavy atom. The predicted octanol–water partition coefficient (Wildman–Crippen LogP) is 5.85. The van der Waals surface area contributed by atoms with Crippen LogP contribution in [0.2, 0.25) is 36.3 Å². The van der Waals surface area contributed by atoms with Crippen LogP contribution in [-0.2, 0) is 18.0 Å². The zero-order chi connectivity index (χ0) is 18.9. The molecule has 7 heteroatoms. The molecule has 0 amide bonds. The van der Waals surface area contributed by atoms with Gasteiger partial charge in [-0.2, -0.15) is 0 Å². The van der Waals surface area contributed by atoms with Crippen molar-refractivity contribution in [2.24, 2.45) is 0 Å². The Balaban J connectivity index is 4.74. The van der Waals surface area contributed by atoms with Gasteiger partial charge in [-0.05, 0) is 36.3 Å². The van der Waals surface area contributed by atoms with Crippen molar-refractivity contribution >= 4 is 30.0 Å². The van der Waals surface area contributed by atoms with Gasteiger partial charge in [-0.1, -0.05) is 41.5 Å². The third kappa shape index (κ3) is 7.24. The van der Waals surface area contributed by atoms with Crippen molar-refractivity contribution in [2.45, 2.75) is 84.2 Å². The molecule has 0 radical (unpaired) electrons. The van der Waals surface area contributed by atoms with Crippen LogP contribution in [-0.4, -0.2) is 35.4 Å². The van der Waals surface area contributed by atoms with Gasteiger partial charge in [0.1, 0.15) is 0 Å². The Morgan fingerprint density at radius 3 is 1.65 bits per heavy atom. The van der Waals surface area contributed by atoms with Crippen molar-refractivity contribution in [3.8, 4) is 0 Å². The summed E-state index contributed by atoms with van der Waals surface area (Å²) in [7, 11) is -7.00. The lowest BCUT2D eigenvalue weighted by atomic mass is 10.2. The van der Waals surface area contributed by atoms with Gasteiger partial charge in [0, 0.05) is 12.8 Å². The molecule has 0 saturated carbocycles. The second-order valence-corrected chi connectivity index (χ2v) is 22.0. The molecule has 0 heterocycles. The molecule has 0 saturated heterocycles. The molecule has 0 rings (SSSR count). The van der Waals surface area contributed by atoms with Gasteiger partial charge in [0.25, 0.3) is 14.3 Å². The van der Waals surface area contributed by atoms with Crippen molar-refractivity contribution in [2.75, 3.05) is 12.8 Å². The molecule has 0 aromatic carbocycles. The number of hydrogen-bond acceptors (Lipinski definition) is 4. The minimum absolute atomic E-state index is 0.000316. The van der Waals surface area contributed by atoms with E-state index < -0.39 is 24.0 Å². The van der Waals surface area contributed by atoms with E-state index in [9.17, 15) is 9.36 Å². The fourth-order valence-corrected chi connectivity index (χ4v) is 8.34. The summed E-state index contributed by atoms with van der Waals surface area (Å²) in [5.74, 6) is -0.252. The normalized spacial score (nSPS) is 16.8. The minimum Gasteiger partial charge on any atom is -0.519 e. The van der Waals surface area contributed by atoms with Gasteiger partial charge in [0.2, 0.25) is 8.32 Å². The smallest absolute Gasteiger partial charge is 0.293 e. The van der Waals surface area contributed by atoms with Gasteiger partial charge in [0.05, 0.1) is 6.42 Å². The average molecular weight is 381 g/mol. The molecule has 0 aliphatic carbocycles. The van der Waals surface area contributed by atoms with Crippen LogP contribution in [0.3, 0.4) is 0 Å². The van der Waals surface area contributed by atoms with Crippen molar-refractivity contribution in [3.63, 3.8) is 0 Å². The Kier molecular flexibility index (Phi) is 7.17. The van der Waals surface area contributed by atoms with Crippen LogP contribution in [0.15, 0.2) is 0 Å². The topological polar surface area (TPSA) is 52.6 Å². The van der Waals surface area contributed by atoms with E-state index in [1.807, 2.05) is 13.1 Å². The lowest BCUT2D eigenvalue weighted by Gasteiger charge is -2.38. The third-order valence-corrected chi connectivity index (χ3v) is 17.5. The second kappa shape index (κ2) is 7.14. The van der Waals surface area contributed by atoms with E-state index in [2.05, 4.69) is 54.6 Å². The highest BCUT2D eigenvalue weighted by molar-refractivity contribution is 7.59. The molecule has 0 aromatic heterocycles. The van der Waals surface area contributed by atoms with Crippen molar-refractivity contribution in [1.82, 2.24) is 0 Å². The number of rotatable bonds is 6. The molecule has 0 fully saturated rings. The van der Waals surface area contributed by atoms with E-state index in [4.69, 9.17) is 8.64 Å². The van der Waals surface area contributed by atoms with Crippen LogP contribution in [0.1, 0.15) is 48.0 Å². The van der Waals surface area contributed by atoms with Crippen LogP contribution in [0, 0.1) is 0 Å². The van der Waals surface area contributed by atoms with Crippen LogP contribution in [0.5, 0.6) is 0 Å². The average Bonchev–Trinajstić information content (AvgIpc) is 2.21. The maximum absolute atomic E-state index is 12.8.